The van der Waals surface area contributed by atoms with E-state index >= 15 is 8.78 Å². The van der Waals surface area contributed by atoms with E-state index in [1.54, 1.807) is 18.2 Å². The Morgan fingerprint density at radius 3 is 2.49 bits per heavy atom. The van der Waals surface area contributed by atoms with Gasteiger partial charge in [-0.05, 0) is 54.7 Å². The summed E-state index contributed by atoms with van der Waals surface area (Å²) >= 11 is 12.4. The van der Waals surface area contributed by atoms with Crippen LogP contribution < -0.4 is 10.1 Å². The summed E-state index contributed by atoms with van der Waals surface area (Å²) in [7, 11) is 1.43. The average molecular weight is 743 g/mol. The predicted octanol–water partition coefficient (Wildman–Crippen LogP) is 7.29. The standard InChI is InChI=1S/C39H43Cl2F2N3O5/c1-23(21-46-13-15-50-16-14-46)51-37(48)25-10-9-24(32(18-25)49-5)17-31(47)36-34(27-7-6-8-29(41)35(27)43)39(22-44,33(45-36)20-38(2,3)4)28-12-11-26(40)19-30(28)42/h6-12,18-19,23,33-34,36,45H,13-17,20-21H2,1-5H3/t23?,33-,34-,36-,39-/m0/s1. The molecule has 2 aliphatic heterocycles. The number of ketones is 1. The number of morpholine rings is 1. The van der Waals surface area contributed by atoms with Gasteiger partial charge in [0.1, 0.15) is 28.9 Å². The van der Waals surface area contributed by atoms with Gasteiger partial charge in [0.15, 0.2) is 5.78 Å². The number of hydrogen-bond donors (Lipinski definition) is 1. The van der Waals surface area contributed by atoms with Gasteiger partial charge in [-0.3, -0.25) is 9.69 Å². The van der Waals surface area contributed by atoms with Crippen LogP contribution in [0, 0.1) is 28.4 Å². The summed E-state index contributed by atoms with van der Waals surface area (Å²) in [6.45, 7) is 11.1. The van der Waals surface area contributed by atoms with Crippen molar-refractivity contribution >= 4 is 35.0 Å². The number of halogens is 4. The molecule has 5 atom stereocenters. The number of methoxy groups -OCH3 is 1. The number of carbonyl (C=O) groups excluding carboxylic acids is 2. The molecule has 1 unspecified atom stereocenters. The van der Waals surface area contributed by atoms with E-state index in [9.17, 15) is 14.9 Å². The second-order valence-electron chi connectivity index (χ2n) is 14.5. The third-order valence-corrected chi connectivity index (χ3v) is 10.1. The first kappa shape index (κ1) is 38.6. The zero-order chi connectivity index (χ0) is 37.1. The molecule has 0 aromatic heterocycles. The highest BCUT2D eigenvalue weighted by Crippen LogP contribution is 2.53. The number of hydrogen-bond acceptors (Lipinski definition) is 8. The van der Waals surface area contributed by atoms with Crippen LogP contribution in [0.3, 0.4) is 0 Å². The third kappa shape index (κ3) is 8.40. The van der Waals surface area contributed by atoms with Crippen molar-refractivity contribution in [2.75, 3.05) is 40.0 Å². The Bertz CT molecular complexity index is 1810. The number of benzene rings is 3. The number of rotatable bonds is 11. The van der Waals surface area contributed by atoms with Crippen LogP contribution in [0.25, 0.3) is 0 Å². The largest absolute Gasteiger partial charge is 0.496 e. The Morgan fingerprint density at radius 2 is 1.84 bits per heavy atom. The molecule has 12 heteroatoms. The molecule has 2 saturated heterocycles. The summed E-state index contributed by atoms with van der Waals surface area (Å²) in [5.74, 6) is -3.37. The summed E-state index contributed by atoms with van der Waals surface area (Å²) in [6.07, 6.45) is -0.225. The van der Waals surface area contributed by atoms with Crippen molar-refractivity contribution in [3.05, 3.63) is 98.5 Å². The van der Waals surface area contributed by atoms with Crippen LogP contribution in [0.15, 0.2) is 54.6 Å². The lowest BCUT2D eigenvalue weighted by molar-refractivity contribution is -0.120. The first-order chi connectivity index (χ1) is 24.2. The van der Waals surface area contributed by atoms with Gasteiger partial charge in [-0.2, -0.15) is 5.26 Å². The van der Waals surface area contributed by atoms with Crippen LogP contribution in [0.1, 0.15) is 67.1 Å². The zero-order valence-corrected chi connectivity index (χ0v) is 30.9. The summed E-state index contributed by atoms with van der Waals surface area (Å²) in [4.78, 5) is 29.8. The van der Waals surface area contributed by atoms with Crippen LogP contribution in [-0.2, 0) is 26.1 Å². The minimum Gasteiger partial charge on any atom is -0.496 e. The SMILES string of the molecule is COc1cc(C(=O)OC(C)CN2CCOCC2)ccc1CC(=O)[C@@H]1N[C@@H](CC(C)(C)C)[C@](C#N)(c2ccc(Cl)cc2F)[C@H]1c1cccc(Cl)c1F. The van der Waals surface area contributed by atoms with Crippen molar-refractivity contribution in [2.24, 2.45) is 5.41 Å². The van der Waals surface area contributed by atoms with E-state index in [0.717, 1.165) is 19.2 Å². The van der Waals surface area contributed by atoms with Crippen molar-refractivity contribution in [3.63, 3.8) is 0 Å². The number of nitriles is 1. The Kier molecular flexibility index (Phi) is 12.1. The fourth-order valence-electron chi connectivity index (χ4n) is 7.36. The van der Waals surface area contributed by atoms with Crippen LogP contribution in [0.2, 0.25) is 10.0 Å². The second-order valence-corrected chi connectivity index (χ2v) is 15.3. The summed E-state index contributed by atoms with van der Waals surface area (Å²) in [5.41, 5.74) is -1.40. The highest BCUT2D eigenvalue weighted by molar-refractivity contribution is 6.31. The molecule has 2 heterocycles. The minimum atomic E-state index is -1.75. The molecule has 2 aliphatic rings. The maximum atomic E-state index is 16.0. The molecule has 0 radical (unpaired) electrons. The van der Waals surface area contributed by atoms with E-state index in [-0.39, 0.29) is 50.4 Å². The summed E-state index contributed by atoms with van der Waals surface area (Å²) in [6, 6.07) is 13.6. The van der Waals surface area contributed by atoms with Gasteiger partial charge in [-0.15, -0.1) is 0 Å². The average Bonchev–Trinajstić information content (AvgIpc) is 3.39. The maximum Gasteiger partial charge on any atom is 0.338 e. The summed E-state index contributed by atoms with van der Waals surface area (Å²) in [5, 5.41) is 14.4. The molecule has 0 saturated carbocycles. The maximum absolute atomic E-state index is 16.0. The molecule has 1 N–H and O–H groups in total. The molecule has 2 fully saturated rings. The molecule has 272 valence electrons. The molecule has 3 aromatic rings. The highest BCUT2D eigenvalue weighted by Gasteiger charge is 2.61. The van der Waals surface area contributed by atoms with Gasteiger partial charge >= 0.3 is 5.97 Å². The van der Waals surface area contributed by atoms with Gasteiger partial charge < -0.3 is 19.5 Å². The number of ether oxygens (including phenoxy) is 3. The lowest BCUT2D eigenvalue weighted by atomic mass is 9.62. The number of carbonyl (C=O) groups is 2. The topological polar surface area (TPSA) is 101 Å². The lowest BCUT2D eigenvalue weighted by Crippen LogP contribution is -2.44. The van der Waals surface area contributed by atoms with Crippen LogP contribution >= 0.6 is 23.2 Å². The first-order valence-corrected chi connectivity index (χ1v) is 17.7. The monoisotopic (exact) mass is 741 g/mol. The second kappa shape index (κ2) is 16.0. The van der Waals surface area contributed by atoms with E-state index < -0.39 is 46.8 Å². The van der Waals surface area contributed by atoms with Crippen molar-refractivity contribution < 1.29 is 32.6 Å². The van der Waals surface area contributed by atoms with E-state index in [1.165, 1.54) is 37.4 Å². The molecular weight excluding hydrogens is 699 g/mol. The van der Waals surface area contributed by atoms with Gasteiger partial charge in [0.2, 0.25) is 0 Å². The van der Waals surface area contributed by atoms with E-state index in [2.05, 4.69) is 16.3 Å². The summed E-state index contributed by atoms with van der Waals surface area (Å²) < 4.78 is 48.7. The number of nitrogens with zero attached hydrogens (tertiary/aromatic N) is 2. The van der Waals surface area contributed by atoms with E-state index in [0.29, 0.717) is 31.7 Å². The lowest BCUT2D eigenvalue weighted by Gasteiger charge is -2.37. The fraction of sp³-hybridized carbons (Fsp3) is 0.462. The number of nitrogens with one attached hydrogen (secondary N) is 1. The minimum absolute atomic E-state index is 0.000815. The molecule has 0 amide bonds. The molecule has 0 bridgehead atoms. The van der Waals surface area contributed by atoms with Gasteiger partial charge in [-0.1, -0.05) is 68.2 Å². The third-order valence-electron chi connectivity index (χ3n) is 9.61. The molecule has 3 aromatic carbocycles. The normalized spacial score (nSPS) is 23.0. The van der Waals surface area contributed by atoms with Gasteiger partial charge in [0.25, 0.3) is 0 Å². The molecule has 5 rings (SSSR count). The van der Waals surface area contributed by atoms with Crippen molar-refractivity contribution in [1.82, 2.24) is 10.2 Å². The van der Waals surface area contributed by atoms with Crippen molar-refractivity contribution in [3.8, 4) is 11.8 Å². The number of esters is 1. The Morgan fingerprint density at radius 1 is 1.12 bits per heavy atom. The zero-order valence-electron chi connectivity index (χ0n) is 29.4. The first-order valence-electron chi connectivity index (χ1n) is 17.0. The van der Waals surface area contributed by atoms with Crippen molar-refractivity contribution in [2.45, 2.75) is 70.1 Å². The molecule has 51 heavy (non-hydrogen) atoms. The Labute approximate surface area is 308 Å². The fourth-order valence-corrected chi connectivity index (χ4v) is 7.70. The van der Waals surface area contributed by atoms with Crippen LogP contribution in [0.4, 0.5) is 8.78 Å². The highest BCUT2D eigenvalue weighted by atomic mass is 35.5. The van der Waals surface area contributed by atoms with Gasteiger partial charge in [0.05, 0.1) is 43.0 Å². The van der Waals surface area contributed by atoms with E-state index in [4.69, 9.17) is 37.4 Å². The van der Waals surface area contributed by atoms with Crippen LogP contribution in [0.5, 0.6) is 5.75 Å². The van der Waals surface area contributed by atoms with Crippen molar-refractivity contribution in [1.29, 1.82) is 5.26 Å². The van der Waals surface area contributed by atoms with Gasteiger partial charge in [0, 0.05) is 54.2 Å². The molecular formula is C39H43Cl2F2N3O5. The molecule has 0 aliphatic carbocycles. The smallest absolute Gasteiger partial charge is 0.338 e. The Hall–Kier alpha value is -3.59. The molecule has 8 nitrogen and oxygen atoms in total. The Balaban J connectivity index is 1.50. The van der Waals surface area contributed by atoms with E-state index in [1.807, 2.05) is 27.7 Å². The predicted molar refractivity (Wildman–Crippen MR) is 191 cm³/mol. The van der Waals surface area contributed by atoms with Gasteiger partial charge in [-0.25, -0.2) is 13.6 Å². The van der Waals surface area contributed by atoms with Crippen LogP contribution in [-0.4, -0.2) is 74.8 Å². The quantitative estimate of drug-likeness (QED) is 0.205. The number of Topliss-reactive ketones (excluding diaryl/α,β-unsaturated/α-hetero) is 1. The molecule has 0 spiro atoms.